The minimum Gasteiger partial charge on any atom is -0.381 e. The van der Waals surface area contributed by atoms with Crippen LogP contribution in [0.25, 0.3) is 0 Å². The lowest BCUT2D eigenvalue weighted by molar-refractivity contribution is -0.117. The van der Waals surface area contributed by atoms with Gasteiger partial charge in [0.05, 0.1) is 15.7 Å². The number of halogens is 2. The van der Waals surface area contributed by atoms with Gasteiger partial charge >= 0.3 is 0 Å². The van der Waals surface area contributed by atoms with Gasteiger partial charge in [-0.05, 0) is 25.0 Å². The molecule has 5 nitrogen and oxygen atoms in total. The zero-order valence-corrected chi connectivity index (χ0v) is 15.1. The normalized spacial score (nSPS) is 11.0. The summed E-state index contributed by atoms with van der Waals surface area (Å²) in [4.78, 5) is 11.9. The second-order valence-electron chi connectivity index (χ2n) is 4.99. The van der Waals surface area contributed by atoms with Gasteiger partial charge in [0.1, 0.15) is 11.6 Å². The van der Waals surface area contributed by atoms with Crippen LogP contribution in [0.4, 0.5) is 5.69 Å². The van der Waals surface area contributed by atoms with Crippen molar-refractivity contribution in [3.05, 3.63) is 40.0 Å². The van der Waals surface area contributed by atoms with Crippen LogP contribution in [0.15, 0.2) is 30.0 Å². The smallest absolute Gasteiger partial charge is 0.263 e. The fourth-order valence-electron chi connectivity index (χ4n) is 1.73. The topological polar surface area (TPSA) is 74.1 Å². The second-order valence-corrected chi connectivity index (χ2v) is 5.78. The summed E-state index contributed by atoms with van der Waals surface area (Å²) in [6, 6.07) is 6.92. The highest BCUT2D eigenvalue weighted by molar-refractivity contribution is 6.43. The molecule has 0 aliphatic rings. The SMILES string of the molecule is CCCCOCCCNC(=O)/C(C#N)=C\Nc1cccc(Cl)c1Cl. The standard InChI is InChI=1S/C17H21Cl2N3O2/c1-2-3-9-24-10-5-8-21-17(23)13(11-20)12-22-15-7-4-6-14(18)16(15)19/h4,6-7,12,22H,2-3,5,8-10H2,1H3,(H,21,23)/b13-12-. The number of nitrogens with one attached hydrogen (secondary N) is 2. The average Bonchev–Trinajstić information content (AvgIpc) is 2.58. The van der Waals surface area contributed by atoms with Crippen LogP contribution >= 0.6 is 23.2 Å². The van der Waals surface area contributed by atoms with Crippen molar-refractivity contribution < 1.29 is 9.53 Å². The number of amides is 1. The van der Waals surface area contributed by atoms with Gasteiger partial charge in [0.25, 0.3) is 5.91 Å². The van der Waals surface area contributed by atoms with Crippen molar-refractivity contribution in [3.63, 3.8) is 0 Å². The molecule has 1 rings (SSSR count). The summed E-state index contributed by atoms with van der Waals surface area (Å²) >= 11 is 11.9. The average molecular weight is 370 g/mol. The molecule has 0 unspecified atom stereocenters. The summed E-state index contributed by atoms with van der Waals surface area (Å²) in [5.41, 5.74) is 0.479. The predicted molar refractivity (Wildman–Crippen MR) is 97.1 cm³/mol. The Bertz CT molecular complexity index is 612. The molecule has 1 amide bonds. The van der Waals surface area contributed by atoms with Crippen LogP contribution in [0, 0.1) is 11.3 Å². The summed E-state index contributed by atoms with van der Waals surface area (Å²) < 4.78 is 5.40. The maximum absolute atomic E-state index is 11.9. The maximum atomic E-state index is 11.9. The molecule has 0 spiro atoms. The van der Waals surface area contributed by atoms with Crippen molar-refractivity contribution in [2.75, 3.05) is 25.1 Å². The summed E-state index contributed by atoms with van der Waals surface area (Å²) in [5, 5.41) is 15.3. The fraction of sp³-hybridized carbons (Fsp3) is 0.412. The lowest BCUT2D eigenvalue weighted by atomic mass is 10.2. The zero-order chi connectivity index (χ0) is 17.8. The lowest BCUT2D eigenvalue weighted by Gasteiger charge is -2.07. The van der Waals surface area contributed by atoms with Crippen molar-refractivity contribution >= 4 is 34.8 Å². The van der Waals surface area contributed by atoms with Crippen LogP contribution in [0.1, 0.15) is 26.2 Å². The van der Waals surface area contributed by atoms with E-state index in [1.54, 1.807) is 18.2 Å². The van der Waals surface area contributed by atoms with E-state index in [1.807, 2.05) is 6.07 Å². The number of benzene rings is 1. The minimum absolute atomic E-state index is 0.0436. The molecule has 0 fully saturated rings. The van der Waals surface area contributed by atoms with Gasteiger partial charge in [-0.1, -0.05) is 42.6 Å². The number of carbonyl (C=O) groups is 1. The largest absolute Gasteiger partial charge is 0.381 e. The van der Waals surface area contributed by atoms with E-state index in [9.17, 15) is 4.79 Å². The molecule has 7 heteroatoms. The van der Waals surface area contributed by atoms with E-state index < -0.39 is 5.91 Å². The molecule has 1 aromatic rings. The molecule has 0 aliphatic carbocycles. The van der Waals surface area contributed by atoms with Crippen LogP contribution in [0.3, 0.4) is 0 Å². The molecule has 0 radical (unpaired) electrons. The number of carbonyl (C=O) groups excluding carboxylic acids is 1. The first-order valence-electron chi connectivity index (χ1n) is 7.77. The first-order chi connectivity index (χ1) is 11.6. The van der Waals surface area contributed by atoms with Crippen LogP contribution < -0.4 is 10.6 Å². The number of nitriles is 1. The molecule has 130 valence electrons. The highest BCUT2D eigenvalue weighted by Crippen LogP contribution is 2.29. The Morgan fingerprint density at radius 3 is 2.79 bits per heavy atom. The molecule has 0 saturated heterocycles. The van der Waals surface area contributed by atoms with Crippen molar-refractivity contribution in [2.45, 2.75) is 26.2 Å². The van der Waals surface area contributed by atoms with Crippen molar-refractivity contribution in [3.8, 4) is 6.07 Å². The molecular formula is C17H21Cl2N3O2. The maximum Gasteiger partial charge on any atom is 0.263 e. The first-order valence-corrected chi connectivity index (χ1v) is 8.52. The Morgan fingerprint density at radius 1 is 1.33 bits per heavy atom. The van der Waals surface area contributed by atoms with Gasteiger partial charge in [-0.15, -0.1) is 0 Å². The third kappa shape index (κ3) is 7.22. The molecule has 0 aromatic heterocycles. The number of nitrogens with zero attached hydrogens (tertiary/aromatic N) is 1. The highest BCUT2D eigenvalue weighted by atomic mass is 35.5. The number of hydrogen-bond acceptors (Lipinski definition) is 4. The van der Waals surface area contributed by atoms with Crippen LogP contribution in [-0.2, 0) is 9.53 Å². The Balaban J connectivity index is 2.43. The Kier molecular flexibility index (Phi) is 9.94. The first kappa shape index (κ1) is 20.3. The van der Waals surface area contributed by atoms with Gasteiger partial charge in [-0.2, -0.15) is 5.26 Å². The summed E-state index contributed by atoms with van der Waals surface area (Å²) in [6.07, 6.45) is 4.13. The van der Waals surface area contributed by atoms with E-state index in [2.05, 4.69) is 17.6 Å². The van der Waals surface area contributed by atoms with E-state index in [4.69, 9.17) is 33.2 Å². The van der Waals surface area contributed by atoms with Gasteiger partial charge in [0, 0.05) is 26.0 Å². The predicted octanol–water partition coefficient (Wildman–Crippen LogP) is 4.14. The summed E-state index contributed by atoms with van der Waals surface area (Å²) in [7, 11) is 0. The molecule has 2 N–H and O–H groups in total. The van der Waals surface area contributed by atoms with Gasteiger partial charge in [-0.25, -0.2) is 0 Å². The number of ether oxygens (including phenoxy) is 1. The number of anilines is 1. The molecule has 0 aliphatic heterocycles. The Hall–Kier alpha value is -1.74. The van der Waals surface area contributed by atoms with E-state index >= 15 is 0 Å². The zero-order valence-electron chi connectivity index (χ0n) is 13.6. The van der Waals surface area contributed by atoms with Crippen LogP contribution in [-0.4, -0.2) is 25.7 Å². The third-order valence-corrected chi connectivity index (χ3v) is 3.90. The molecule has 1 aromatic carbocycles. The van der Waals surface area contributed by atoms with Crippen LogP contribution in [0.5, 0.6) is 0 Å². The van der Waals surface area contributed by atoms with E-state index in [-0.39, 0.29) is 5.57 Å². The van der Waals surface area contributed by atoms with Crippen molar-refractivity contribution in [1.29, 1.82) is 5.26 Å². The lowest BCUT2D eigenvalue weighted by Crippen LogP contribution is -2.26. The van der Waals surface area contributed by atoms with Crippen molar-refractivity contribution in [1.82, 2.24) is 5.32 Å². The molecule has 0 heterocycles. The fourth-order valence-corrected chi connectivity index (χ4v) is 2.09. The summed E-state index contributed by atoms with van der Waals surface area (Å²) in [5.74, 6) is -0.447. The molecule has 0 saturated carbocycles. The quantitative estimate of drug-likeness (QED) is 0.369. The van der Waals surface area contributed by atoms with Crippen LogP contribution in [0.2, 0.25) is 10.0 Å². The minimum atomic E-state index is -0.447. The van der Waals surface area contributed by atoms with E-state index in [0.717, 1.165) is 19.4 Å². The van der Waals surface area contributed by atoms with Gasteiger partial charge in [-0.3, -0.25) is 4.79 Å². The molecule has 0 bridgehead atoms. The summed E-state index contributed by atoms with van der Waals surface area (Å²) in [6.45, 7) is 3.87. The highest BCUT2D eigenvalue weighted by Gasteiger charge is 2.09. The van der Waals surface area contributed by atoms with Gasteiger partial charge < -0.3 is 15.4 Å². The Morgan fingerprint density at radius 2 is 2.08 bits per heavy atom. The molecule has 24 heavy (non-hydrogen) atoms. The Labute approximate surface area is 152 Å². The molecular weight excluding hydrogens is 349 g/mol. The molecule has 0 atom stereocenters. The monoisotopic (exact) mass is 369 g/mol. The van der Waals surface area contributed by atoms with E-state index in [0.29, 0.717) is 35.3 Å². The number of unbranched alkanes of at least 4 members (excludes halogenated alkanes) is 1. The second kappa shape index (κ2) is 11.7. The number of rotatable bonds is 10. The third-order valence-electron chi connectivity index (χ3n) is 3.08. The van der Waals surface area contributed by atoms with E-state index in [1.165, 1.54) is 6.20 Å². The van der Waals surface area contributed by atoms with Gasteiger partial charge in [0.15, 0.2) is 0 Å². The van der Waals surface area contributed by atoms with Crippen molar-refractivity contribution in [2.24, 2.45) is 0 Å². The van der Waals surface area contributed by atoms with Gasteiger partial charge in [0.2, 0.25) is 0 Å². The number of hydrogen-bond donors (Lipinski definition) is 2.